The summed E-state index contributed by atoms with van der Waals surface area (Å²) >= 11 is 0. The molecule has 1 aliphatic rings. The quantitative estimate of drug-likeness (QED) is 0.571. The molecule has 0 fully saturated rings. The number of fused-ring (bicyclic) bond motifs is 1. The van der Waals surface area contributed by atoms with E-state index in [4.69, 9.17) is 0 Å². The molecule has 6 nitrogen and oxygen atoms in total. The number of benzene rings is 2. The van der Waals surface area contributed by atoms with Gasteiger partial charge in [0.25, 0.3) is 0 Å². The van der Waals surface area contributed by atoms with Gasteiger partial charge in [0.05, 0.1) is 11.9 Å². The molecular formula is C24H33N3O3S. The Hall–Kier alpha value is -2.54. The Balaban J connectivity index is 1.40. The summed E-state index contributed by atoms with van der Waals surface area (Å²) in [7, 11) is -3.39. The van der Waals surface area contributed by atoms with Gasteiger partial charge in [-0.2, -0.15) is 0 Å². The SMILES string of the molecule is Cc1cccc(N(CCCC(=O)NCCCN2CCCc3ccccc32)S(C)(=O)=O)c1. The molecule has 0 saturated carbocycles. The zero-order valence-corrected chi connectivity index (χ0v) is 19.3. The van der Waals surface area contributed by atoms with E-state index in [1.54, 1.807) is 6.07 Å². The van der Waals surface area contributed by atoms with Crippen molar-refractivity contribution in [1.29, 1.82) is 0 Å². The summed E-state index contributed by atoms with van der Waals surface area (Å²) in [6.45, 7) is 4.84. The van der Waals surface area contributed by atoms with Gasteiger partial charge in [0.1, 0.15) is 0 Å². The lowest BCUT2D eigenvalue weighted by molar-refractivity contribution is -0.121. The van der Waals surface area contributed by atoms with Crippen molar-refractivity contribution < 1.29 is 13.2 Å². The Labute approximate surface area is 186 Å². The van der Waals surface area contributed by atoms with Crippen molar-refractivity contribution in [2.24, 2.45) is 0 Å². The van der Waals surface area contributed by atoms with Crippen molar-refractivity contribution in [3.8, 4) is 0 Å². The third-order valence-corrected chi connectivity index (χ3v) is 6.78. The molecule has 31 heavy (non-hydrogen) atoms. The minimum absolute atomic E-state index is 0.0308. The molecule has 3 rings (SSSR count). The molecule has 2 aromatic carbocycles. The second kappa shape index (κ2) is 10.7. The molecule has 168 valence electrons. The number of carbonyl (C=O) groups is 1. The standard InChI is InChI=1S/C24H33N3O3S/c1-20-9-5-12-22(19-20)27(31(2,29)30)18-7-14-24(28)25-15-8-17-26-16-6-11-21-10-3-4-13-23(21)26/h3-5,9-10,12-13,19H,6-8,11,14-18H2,1-2H3,(H,25,28). The maximum absolute atomic E-state index is 12.2. The molecule has 1 N–H and O–H groups in total. The van der Waals surface area contributed by atoms with Gasteiger partial charge in [0, 0.05) is 38.3 Å². The Kier molecular flexibility index (Phi) is 7.96. The summed E-state index contributed by atoms with van der Waals surface area (Å²) in [6, 6.07) is 15.9. The fourth-order valence-electron chi connectivity index (χ4n) is 4.08. The van der Waals surface area contributed by atoms with Crippen LogP contribution in [0.2, 0.25) is 0 Å². The molecule has 1 amide bonds. The van der Waals surface area contributed by atoms with Crippen LogP contribution in [0.4, 0.5) is 11.4 Å². The molecule has 0 spiro atoms. The molecule has 1 aliphatic heterocycles. The molecule has 0 aliphatic carbocycles. The smallest absolute Gasteiger partial charge is 0.232 e. The molecule has 0 radical (unpaired) electrons. The van der Waals surface area contributed by atoms with E-state index >= 15 is 0 Å². The largest absolute Gasteiger partial charge is 0.371 e. The van der Waals surface area contributed by atoms with Crippen LogP contribution in [-0.4, -0.2) is 46.8 Å². The lowest BCUT2D eigenvalue weighted by atomic mass is 10.0. The maximum atomic E-state index is 12.2. The van der Waals surface area contributed by atoms with Crippen LogP contribution in [0.5, 0.6) is 0 Å². The Bertz CT molecular complexity index is 991. The summed E-state index contributed by atoms with van der Waals surface area (Å²) in [5, 5.41) is 2.97. The van der Waals surface area contributed by atoms with Crippen molar-refractivity contribution in [2.75, 3.05) is 41.6 Å². The second-order valence-electron chi connectivity index (χ2n) is 8.20. The average molecular weight is 444 g/mol. The van der Waals surface area contributed by atoms with Crippen LogP contribution in [0.1, 0.15) is 36.8 Å². The van der Waals surface area contributed by atoms with Crippen LogP contribution in [0, 0.1) is 6.92 Å². The van der Waals surface area contributed by atoms with Crippen molar-refractivity contribution >= 4 is 27.3 Å². The zero-order valence-electron chi connectivity index (χ0n) is 18.5. The predicted octanol–water partition coefficient (Wildman–Crippen LogP) is 3.50. The summed E-state index contributed by atoms with van der Waals surface area (Å²) in [5.41, 5.74) is 4.36. The van der Waals surface area contributed by atoms with Gasteiger partial charge in [-0.05, 0) is 61.9 Å². The minimum atomic E-state index is -3.39. The monoisotopic (exact) mass is 443 g/mol. The van der Waals surface area contributed by atoms with Crippen LogP contribution in [0.3, 0.4) is 0 Å². The number of amides is 1. The highest BCUT2D eigenvalue weighted by molar-refractivity contribution is 7.92. The highest BCUT2D eigenvalue weighted by atomic mass is 32.2. The minimum Gasteiger partial charge on any atom is -0.371 e. The van der Waals surface area contributed by atoms with Gasteiger partial charge in [0.2, 0.25) is 15.9 Å². The summed E-state index contributed by atoms with van der Waals surface area (Å²) in [6.07, 6.45) is 5.18. The Morgan fingerprint density at radius 3 is 2.71 bits per heavy atom. The average Bonchev–Trinajstić information content (AvgIpc) is 2.73. The second-order valence-corrected chi connectivity index (χ2v) is 10.1. The topological polar surface area (TPSA) is 69.7 Å². The normalized spacial score (nSPS) is 13.5. The number of sulfonamides is 1. The van der Waals surface area contributed by atoms with E-state index in [0.717, 1.165) is 31.5 Å². The van der Waals surface area contributed by atoms with Crippen molar-refractivity contribution in [3.63, 3.8) is 0 Å². The van der Waals surface area contributed by atoms with E-state index in [1.165, 1.54) is 28.2 Å². The number of anilines is 2. The number of para-hydroxylation sites is 1. The third kappa shape index (κ3) is 6.72. The fraction of sp³-hybridized carbons (Fsp3) is 0.458. The summed E-state index contributed by atoms with van der Waals surface area (Å²) in [5.74, 6) is -0.0308. The molecule has 0 bridgehead atoms. The number of hydrogen-bond acceptors (Lipinski definition) is 4. The zero-order chi connectivity index (χ0) is 22.3. The first-order chi connectivity index (χ1) is 14.8. The molecule has 0 unspecified atom stereocenters. The number of nitrogens with one attached hydrogen (secondary N) is 1. The van der Waals surface area contributed by atoms with E-state index in [2.05, 4.69) is 34.5 Å². The van der Waals surface area contributed by atoms with Gasteiger partial charge in [-0.1, -0.05) is 30.3 Å². The van der Waals surface area contributed by atoms with Gasteiger partial charge in [-0.3, -0.25) is 9.10 Å². The number of rotatable bonds is 10. The first-order valence-corrected chi connectivity index (χ1v) is 12.8. The molecule has 2 aromatic rings. The van der Waals surface area contributed by atoms with Crippen LogP contribution in [0.15, 0.2) is 48.5 Å². The van der Waals surface area contributed by atoms with E-state index in [0.29, 0.717) is 31.6 Å². The maximum Gasteiger partial charge on any atom is 0.232 e. The Morgan fingerprint density at radius 1 is 1.13 bits per heavy atom. The van der Waals surface area contributed by atoms with Gasteiger partial charge >= 0.3 is 0 Å². The van der Waals surface area contributed by atoms with E-state index in [1.807, 2.05) is 25.1 Å². The molecule has 7 heteroatoms. The highest BCUT2D eigenvalue weighted by Gasteiger charge is 2.18. The lowest BCUT2D eigenvalue weighted by Crippen LogP contribution is -2.34. The fourth-order valence-corrected chi connectivity index (χ4v) is 5.04. The van der Waals surface area contributed by atoms with Crippen LogP contribution in [-0.2, 0) is 21.2 Å². The molecule has 0 saturated heterocycles. The van der Waals surface area contributed by atoms with Gasteiger partial charge in [0.15, 0.2) is 0 Å². The highest BCUT2D eigenvalue weighted by Crippen LogP contribution is 2.26. The molecule has 0 aromatic heterocycles. The van der Waals surface area contributed by atoms with Gasteiger partial charge < -0.3 is 10.2 Å². The number of carbonyl (C=O) groups excluding carboxylic acids is 1. The van der Waals surface area contributed by atoms with E-state index < -0.39 is 10.0 Å². The van der Waals surface area contributed by atoms with Crippen LogP contribution in [0.25, 0.3) is 0 Å². The summed E-state index contributed by atoms with van der Waals surface area (Å²) < 4.78 is 25.8. The first kappa shape index (κ1) is 23.1. The number of hydrogen-bond donors (Lipinski definition) is 1. The van der Waals surface area contributed by atoms with Crippen molar-refractivity contribution in [3.05, 3.63) is 59.7 Å². The lowest BCUT2D eigenvalue weighted by Gasteiger charge is -2.31. The molecular weight excluding hydrogens is 410 g/mol. The first-order valence-electron chi connectivity index (χ1n) is 11.0. The third-order valence-electron chi connectivity index (χ3n) is 5.59. The van der Waals surface area contributed by atoms with Crippen LogP contribution < -0.4 is 14.5 Å². The van der Waals surface area contributed by atoms with E-state index in [9.17, 15) is 13.2 Å². The molecule has 0 atom stereocenters. The number of nitrogens with zero attached hydrogens (tertiary/aromatic N) is 2. The summed E-state index contributed by atoms with van der Waals surface area (Å²) in [4.78, 5) is 14.6. The van der Waals surface area contributed by atoms with Gasteiger partial charge in [-0.15, -0.1) is 0 Å². The predicted molar refractivity (Wildman–Crippen MR) is 127 cm³/mol. The van der Waals surface area contributed by atoms with Crippen molar-refractivity contribution in [2.45, 2.75) is 39.0 Å². The Morgan fingerprint density at radius 2 is 1.94 bits per heavy atom. The van der Waals surface area contributed by atoms with E-state index in [-0.39, 0.29) is 5.91 Å². The van der Waals surface area contributed by atoms with Gasteiger partial charge in [-0.25, -0.2) is 8.42 Å². The van der Waals surface area contributed by atoms with Crippen molar-refractivity contribution in [1.82, 2.24) is 5.32 Å². The number of aryl methyl sites for hydroxylation is 2. The molecule has 1 heterocycles. The van der Waals surface area contributed by atoms with Crippen LogP contribution >= 0.6 is 0 Å².